The molecule has 1 saturated heterocycles. The Bertz CT molecular complexity index is 788. The number of rotatable bonds is 10. The monoisotopic (exact) mass is 419 g/mol. The standard InChI is InChI=1S/C20H25N3O5S/c1-2-25-18(24)12-16-14-29-20(22-16)23-21-13-15-4-6-17(7-5-15)26-11-8-19-27-9-3-10-28-19/h4-7,13-14,19H,2-3,8-12H2,1H3,(H,22,23). The van der Waals surface area contributed by atoms with Gasteiger partial charge < -0.3 is 18.9 Å². The molecule has 0 atom stereocenters. The number of hydrogen-bond acceptors (Lipinski definition) is 9. The minimum Gasteiger partial charge on any atom is -0.493 e. The number of ether oxygens (including phenoxy) is 4. The van der Waals surface area contributed by atoms with Crippen molar-refractivity contribution in [3.8, 4) is 5.75 Å². The molecule has 29 heavy (non-hydrogen) atoms. The minimum atomic E-state index is -0.283. The molecule has 0 unspecified atom stereocenters. The first-order valence-corrected chi connectivity index (χ1v) is 10.5. The van der Waals surface area contributed by atoms with Gasteiger partial charge in [-0.1, -0.05) is 0 Å². The summed E-state index contributed by atoms with van der Waals surface area (Å²) in [6.45, 7) is 4.19. The molecule has 1 aliphatic rings. The minimum absolute atomic E-state index is 0.162. The SMILES string of the molecule is CCOC(=O)Cc1csc(NN=Cc2ccc(OCCC3OCCCO3)cc2)n1. The highest BCUT2D eigenvalue weighted by Gasteiger charge is 2.13. The molecule has 9 heteroatoms. The fraction of sp³-hybridized carbons (Fsp3) is 0.450. The second-order valence-electron chi connectivity index (χ2n) is 6.23. The summed E-state index contributed by atoms with van der Waals surface area (Å²) < 4.78 is 21.6. The van der Waals surface area contributed by atoms with Crippen molar-refractivity contribution in [1.82, 2.24) is 4.98 Å². The maximum absolute atomic E-state index is 11.5. The van der Waals surface area contributed by atoms with Crippen LogP contribution in [0.3, 0.4) is 0 Å². The molecule has 0 bridgehead atoms. The number of nitrogens with one attached hydrogen (secondary N) is 1. The van der Waals surface area contributed by atoms with E-state index >= 15 is 0 Å². The Morgan fingerprint density at radius 1 is 1.34 bits per heavy atom. The zero-order chi connectivity index (χ0) is 20.3. The normalized spacial score (nSPS) is 14.8. The highest BCUT2D eigenvalue weighted by atomic mass is 32.1. The average molecular weight is 420 g/mol. The van der Waals surface area contributed by atoms with Gasteiger partial charge >= 0.3 is 5.97 Å². The molecule has 156 valence electrons. The van der Waals surface area contributed by atoms with Gasteiger partial charge in [0.2, 0.25) is 5.13 Å². The Morgan fingerprint density at radius 3 is 2.90 bits per heavy atom. The van der Waals surface area contributed by atoms with E-state index in [2.05, 4.69) is 15.5 Å². The van der Waals surface area contributed by atoms with Crippen molar-refractivity contribution >= 4 is 28.7 Å². The zero-order valence-corrected chi connectivity index (χ0v) is 17.2. The van der Waals surface area contributed by atoms with Crippen LogP contribution in [0.5, 0.6) is 5.75 Å². The second-order valence-corrected chi connectivity index (χ2v) is 7.08. The molecule has 8 nitrogen and oxygen atoms in total. The van der Waals surface area contributed by atoms with Crippen LogP contribution in [0.4, 0.5) is 5.13 Å². The number of hydrazone groups is 1. The first-order chi connectivity index (χ1) is 14.2. The zero-order valence-electron chi connectivity index (χ0n) is 16.3. The molecule has 1 aromatic carbocycles. The second kappa shape index (κ2) is 11.5. The first kappa shape index (κ1) is 21.2. The van der Waals surface area contributed by atoms with E-state index in [1.54, 1.807) is 13.1 Å². The van der Waals surface area contributed by atoms with E-state index in [1.165, 1.54) is 11.3 Å². The number of carbonyl (C=O) groups is 1. The highest BCUT2D eigenvalue weighted by molar-refractivity contribution is 7.13. The lowest BCUT2D eigenvalue weighted by Crippen LogP contribution is -2.26. The molecule has 0 aliphatic carbocycles. The predicted octanol–water partition coefficient (Wildman–Crippen LogP) is 3.23. The van der Waals surface area contributed by atoms with E-state index in [1.807, 2.05) is 29.6 Å². The molecular formula is C20H25N3O5S. The van der Waals surface area contributed by atoms with Crippen LogP contribution in [0.2, 0.25) is 0 Å². The number of hydrogen-bond donors (Lipinski definition) is 1. The fourth-order valence-electron chi connectivity index (χ4n) is 2.59. The van der Waals surface area contributed by atoms with Gasteiger partial charge in [-0.05, 0) is 43.2 Å². The molecule has 1 fully saturated rings. The van der Waals surface area contributed by atoms with E-state index in [4.69, 9.17) is 18.9 Å². The fourth-order valence-corrected chi connectivity index (χ4v) is 3.25. The van der Waals surface area contributed by atoms with E-state index in [0.29, 0.717) is 30.5 Å². The van der Waals surface area contributed by atoms with Crippen molar-refractivity contribution in [2.45, 2.75) is 32.5 Å². The van der Waals surface area contributed by atoms with E-state index in [0.717, 1.165) is 30.9 Å². The van der Waals surface area contributed by atoms with Crippen LogP contribution < -0.4 is 10.2 Å². The lowest BCUT2D eigenvalue weighted by atomic mass is 10.2. The van der Waals surface area contributed by atoms with Gasteiger partial charge in [0.25, 0.3) is 0 Å². The number of nitrogens with zero attached hydrogens (tertiary/aromatic N) is 2. The van der Waals surface area contributed by atoms with Gasteiger partial charge in [0.1, 0.15) is 5.75 Å². The summed E-state index contributed by atoms with van der Waals surface area (Å²) in [6, 6.07) is 7.62. The number of esters is 1. The van der Waals surface area contributed by atoms with Crippen molar-refractivity contribution in [3.63, 3.8) is 0 Å². The van der Waals surface area contributed by atoms with Crippen molar-refractivity contribution in [3.05, 3.63) is 40.9 Å². The molecule has 1 N–H and O–H groups in total. The number of carbonyl (C=O) groups excluding carboxylic acids is 1. The van der Waals surface area contributed by atoms with Crippen LogP contribution in [0.1, 0.15) is 31.0 Å². The van der Waals surface area contributed by atoms with Crippen LogP contribution in [-0.4, -0.2) is 49.9 Å². The molecule has 2 aromatic rings. The summed E-state index contributed by atoms with van der Waals surface area (Å²) in [7, 11) is 0. The third-order valence-corrected chi connectivity index (χ3v) is 4.75. The summed E-state index contributed by atoms with van der Waals surface area (Å²) in [6.07, 6.45) is 3.35. The van der Waals surface area contributed by atoms with Crippen molar-refractivity contribution < 1.29 is 23.7 Å². The van der Waals surface area contributed by atoms with E-state index in [9.17, 15) is 4.79 Å². The summed E-state index contributed by atoms with van der Waals surface area (Å²) >= 11 is 1.38. The Kier molecular flexibility index (Phi) is 8.41. The number of anilines is 1. The summed E-state index contributed by atoms with van der Waals surface area (Å²) in [5.74, 6) is 0.503. The van der Waals surface area contributed by atoms with Crippen LogP contribution in [-0.2, 0) is 25.4 Å². The molecule has 0 spiro atoms. The van der Waals surface area contributed by atoms with Crippen LogP contribution in [0, 0.1) is 0 Å². The summed E-state index contributed by atoms with van der Waals surface area (Å²) in [4.78, 5) is 15.8. The lowest BCUT2D eigenvalue weighted by Gasteiger charge is -2.23. The van der Waals surface area contributed by atoms with Gasteiger partial charge in [0, 0.05) is 11.8 Å². The number of aromatic nitrogens is 1. The quantitative estimate of drug-likeness (QED) is 0.359. The molecule has 0 radical (unpaired) electrons. The van der Waals surface area contributed by atoms with Gasteiger partial charge in [-0.3, -0.25) is 10.2 Å². The molecular weight excluding hydrogens is 394 g/mol. The van der Waals surface area contributed by atoms with Gasteiger partial charge in [-0.15, -0.1) is 11.3 Å². The Balaban J connectivity index is 1.39. The van der Waals surface area contributed by atoms with Gasteiger partial charge in [0.15, 0.2) is 6.29 Å². The maximum atomic E-state index is 11.5. The molecule has 2 heterocycles. The molecule has 3 rings (SSSR count). The Hall–Kier alpha value is -2.49. The van der Waals surface area contributed by atoms with Gasteiger partial charge in [-0.25, -0.2) is 4.98 Å². The van der Waals surface area contributed by atoms with Crippen LogP contribution in [0.25, 0.3) is 0 Å². The third-order valence-electron chi connectivity index (χ3n) is 3.95. The van der Waals surface area contributed by atoms with Crippen molar-refractivity contribution in [2.24, 2.45) is 5.10 Å². The van der Waals surface area contributed by atoms with E-state index in [-0.39, 0.29) is 18.7 Å². The van der Waals surface area contributed by atoms with E-state index < -0.39 is 0 Å². The molecule has 0 saturated carbocycles. The largest absolute Gasteiger partial charge is 0.493 e. The van der Waals surface area contributed by atoms with Crippen LogP contribution in [0.15, 0.2) is 34.7 Å². The van der Waals surface area contributed by atoms with Crippen molar-refractivity contribution in [2.75, 3.05) is 31.9 Å². The Labute approximate surface area is 173 Å². The molecule has 0 amide bonds. The van der Waals surface area contributed by atoms with Crippen molar-refractivity contribution in [1.29, 1.82) is 0 Å². The van der Waals surface area contributed by atoms with Gasteiger partial charge in [-0.2, -0.15) is 5.10 Å². The summed E-state index contributed by atoms with van der Waals surface area (Å²) in [5.41, 5.74) is 4.46. The molecule has 1 aliphatic heterocycles. The summed E-state index contributed by atoms with van der Waals surface area (Å²) in [5, 5.41) is 6.60. The predicted molar refractivity (Wildman–Crippen MR) is 111 cm³/mol. The topological polar surface area (TPSA) is 91.3 Å². The number of benzene rings is 1. The maximum Gasteiger partial charge on any atom is 0.311 e. The lowest BCUT2D eigenvalue weighted by molar-refractivity contribution is -0.183. The third kappa shape index (κ3) is 7.45. The first-order valence-electron chi connectivity index (χ1n) is 9.58. The van der Waals surface area contributed by atoms with Gasteiger partial charge in [0.05, 0.1) is 44.8 Å². The smallest absolute Gasteiger partial charge is 0.311 e. The molecule has 1 aromatic heterocycles. The number of thiazole rings is 1. The highest BCUT2D eigenvalue weighted by Crippen LogP contribution is 2.17. The van der Waals surface area contributed by atoms with Crippen LogP contribution >= 0.6 is 11.3 Å². The average Bonchev–Trinajstić information content (AvgIpc) is 3.17. The Morgan fingerprint density at radius 2 is 2.14 bits per heavy atom.